The van der Waals surface area contributed by atoms with Crippen LogP contribution in [0.15, 0.2) is 43.1 Å². The lowest BCUT2D eigenvalue weighted by Crippen LogP contribution is -2.27. The molecule has 0 aliphatic rings. The molecule has 0 aliphatic carbocycles. The largest absolute Gasteiger partial charge is 0.387 e. The highest BCUT2D eigenvalue weighted by molar-refractivity contribution is 5.61. The highest BCUT2D eigenvalue weighted by Gasteiger charge is 2.02. The molecule has 20 heavy (non-hydrogen) atoms. The van der Waals surface area contributed by atoms with E-state index in [0.717, 1.165) is 30.0 Å². The minimum absolute atomic E-state index is 0.474. The Balaban J connectivity index is 2.38. The van der Waals surface area contributed by atoms with Gasteiger partial charge in [-0.15, -0.1) is 0 Å². The van der Waals surface area contributed by atoms with Crippen LogP contribution in [0.3, 0.4) is 0 Å². The van der Waals surface area contributed by atoms with Gasteiger partial charge in [-0.2, -0.15) is 0 Å². The third kappa shape index (κ3) is 5.12. The minimum atomic E-state index is 0.474. The summed E-state index contributed by atoms with van der Waals surface area (Å²) in [6, 6.07) is 8.60. The average molecular weight is 272 g/mol. The monoisotopic (exact) mass is 272 g/mol. The molecule has 2 N–H and O–H groups in total. The molecule has 0 amide bonds. The molecule has 0 saturated heterocycles. The summed E-state index contributed by atoms with van der Waals surface area (Å²) in [4.78, 5) is 0. The fourth-order valence-corrected chi connectivity index (χ4v) is 1.81. The minimum Gasteiger partial charge on any atom is -0.387 e. The summed E-state index contributed by atoms with van der Waals surface area (Å²) < 4.78 is 0. The van der Waals surface area contributed by atoms with Gasteiger partial charge in [-0.05, 0) is 23.0 Å². The van der Waals surface area contributed by atoms with Crippen molar-refractivity contribution in [2.24, 2.45) is 5.92 Å². The van der Waals surface area contributed by atoms with Gasteiger partial charge >= 0.3 is 0 Å². The summed E-state index contributed by atoms with van der Waals surface area (Å²) in [6.07, 6.45) is 0. The van der Waals surface area contributed by atoms with Crippen LogP contribution in [0.2, 0.25) is 0 Å². The SMILES string of the molecule is C=C(NCCNC(=C)C(C)C)c1ccc(C(C)C)cc1. The molecule has 0 bridgehead atoms. The number of allylic oxidation sites excluding steroid dienone is 1. The van der Waals surface area contributed by atoms with Gasteiger partial charge in [0.05, 0.1) is 0 Å². The maximum atomic E-state index is 4.09. The normalized spacial score (nSPS) is 10.7. The molecule has 1 rings (SSSR count). The molecule has 0 fully saturated rings. The quantitative estimate of drug-likeness (QED) is 0.695. The number of rotatable bonds is 8. The van der Waals surface area contributed by atoms with Crippen LogP contribution in [0.5, 0.6) is 0 Å². The fourth-order valence-electron chi connectivity index (χ4n) is 1.81. The van der Waals surface area contributed by atoms with Crippen molar-refractivity contribution in [3.05, 3.63) is 54.2 Å². The topological polar surface area (TPSA) is 24.1 Å². The molecule has 1 aromatic carbocycles. The van der Waals surface area contributed by atoms with Crippen LogP contribution in [0, 0.1) is 5.92 Å². The molecule has 0 heterocycles. The summed E-state index contributed by atoms with van der Waals surface area (Å²) >= 11 is 0. The Morgan fingerprint density at radius 1 is 0.950 bits per heavy atom. The molecule has 0 spiro atoms. The van der Waals surface area contributed by atoms with Crippen molar-refractivity contribution in [3.8, 4) is 0 Å². The van der Waals surface area contributed by atoms with Crippen LogP contribution in [0.1, 0.15) is 44.7 Å². The van der Waals surface area contributed by atoms with Crippen molar-refractivity contribution in [2.45, 2.75) is 33.6 Å². The van der Waals surface area contributed by atoms with Gasteiger partial charge in [0.2, 0.25) is 0 Å². The Bertz CT molecular complexity index is 441. The third-order valence-corrected chi connectivity index (χ3v) is 3.44. The molecule has 0 atom stereocenters. The zero-order valence-electron chi connectivity index (χ0n) is 13.3. The highest BCUT2D eigenvalue weighted by Crippen LogP contribution is 2.17. The predicted molar refractivity (Wildman–Crippen MR) is 89.5 cm³/mol. The lowest BCUT2D eigenvalue weighted by atomic mass is 10.0. The number of hydrogen-bond acceptors (Lipinski definition) is 2. The molecule has 2 nitrogen and oxygen atoms in total. The van der Waals surface area contributed by atoms with E-state index in [-0.39, 0.29) is 0 Å². The van der Waals surface area contributed by atoms with Crippen LogP contribution in [0.25, 0.3) is 5.70 Å². The molecule has 0 unspecified atom stereocenters. The van der Waals surface area contributed by atoms with Gasteiger partial charge < -0.3 is 10.6 Å². The molecule has 0 radical (unpaired) electrons. The van der Waals surface area contributed by atoms with Gasteiger partial charge in [0, 0.05) is 24.5 Å². The Morgan fingerprint density at radius 2 is 1.50 bits per heavy atom. The van der Waals surface area contributed by atoms with Gasteiger partial charge in [-0.25, -0.2) is 0 Å². The fraction of sp³-hybridized carbons (Fsp3) is 0.444. The highest BCUT2D eigenvalue weighted by atomic mass is 15.0. The Morgan fingerprint density at radius 3 is 2.00 bits per heavy atom. The molecule has 110 valence electrons. The van der Waals surface area contributed by atoms with E-state index in [0.29, 0.717) is 11.8 Å². The molecule has 0 aliphatic heterocycles. The van der Waals surface area contributed by atoms with Gasteiger partial charge in [0.25, 0.3) is 0 Å². The van der Waals surface area contributed by atoms with E-state index in [9.17, 15) is 0 Å². The average Bonchev–Trinajstić information content (AvgIpc) is 2.43. The van der Waals surface area contributed by atoms with Crippen molar-refractivity contribution in [1.82, 2.24) is 10.6 Å². The van der Waals surface area contributed by atoms with Crippen molar-refractivity contribution in [1.29, 1.82) is 0 Å². The molecular formula is C18H28N2. The zero-order chi connectivity index (χ0) is 15.1. The van der Waals surface area contributed by atoms with Gasteiger partial charge in [-0.1, -0.05) is 65.1 Å². The standard InChI is InChI=1S/C18H28N2/c1-13(2)15(5)19-11-12-20-16(6)18-9-7-17(8-10-18)14(3)4/h7-10,13-14,19-20H,5-6,11-12H2,1-4H3. The molecule has 0 aromatic heterocycles. The van der Waals surface area contributed by atoms with Gasteiger partial charge in [0.15, 0.2) is 0 Å². The maximum Gasteiger partial charge on any atom is 0.0341 e. The second kappa shape index (κ2) is 7.78. The third-order valence-electron chi connectivity index (χ3n) is 3.44. The van der Waals surface area contributed by atoms with E-state index in [1.54, 1.807) is 0 Å². The maximum absolute atomic E-state index is 4.09. The Hall–Kier alpha value is -1.70. The van der Waals surface area contributed by atoms with Gasteiger partial charge in [-0.3, -0.25) is 0 Å². The van der Waals surface area contributed by atoms with Crippen LogP contribution in [0.4, 0.5) is 0 Å². The van der Waals surface area contributed by atoms with Crippen molar-refractivity contribution in [3.63, 3.8) is 0 Å². The second-order valence-corrected chi connectivity index (χ2v) is 5.79. The van der Waals surface area contributed by atoms with Crippen molar-refractivity contribution in [2.75, 3.05) is 13.1 Å². The van der Waals surface area contributed by atoms with Crippen LogP contribution < -0.4 is 10.6 Å². The van der Waals surface area contributed by atoms with Crippen LogP contribution >= 0.6 is 0 Å². The van der Waals surface area contributed by atoms with E-state index in [1.807, 2.05) is 0 Å². The van der Waals surface area contributed by atoms with Crippen molar-refractivity contribution < 1.29 is 0 Å². The Labute approximate surface area is 124 Å². The lowest BCUT2D eigenvalue weighted by molar-refractivity contribution is 0.645. The molecule has 1 aromatic rings. The summed E-state index contributed by atoms with van der Waals surface area (Å²) in [5.41, 5.74) is 4.56. The van der Waals surface area contributed by atoms with E-state index in [2.05, 4.69) is 75.8 Å². The first-order valence-electron chi connectivity index (χ1n) is 7.37. The molecule has 0 saturated carbocycles. The first kappa shape index (κ1) is 16.4. The van der Waals surface area contributed by atoms with E-state index in [4.69, 9.17) is 0 Å². The summed E-state index contributed by atoms with van der Waals surface area (Å²) in [5, 5.41) is 6.66. The number of nitrogens with one attached hydrogen (secondary N) is 2. The summed E-state index contributed by atoms with van der Waals surface area (Å²) in [7, 11) is 0. The van der Waals surface area contributed by atoms with Crippen molar-refractivity contribution >= 4 is 5.70 Å². The van der Waals surface area contributed by atoms with E-state index >= 15 is 0 Å². The van der Waals surface area contributed by atoms with E-state index < -0.39 is 0 Å². The Kier molecular flexibility index (Phi) is 6.37. The van der Waals surface area contributed by atoms with Crippen LogP contribution in [-0.2, 0) is 0 Å². The second-order valence-electron chi connectivity index (χ2n) is 5.79. The molecule has 2 heteroatoms. The van der Waals surface area contributed by atoms with E-state index in [1.165, 1.54) is 5.56 Å². The molecular weight excluding hydrogens is 244 g/mol. The lowest BCUT2D eigenvalue weighted by Gasteiger charge is -2.15. The zero-order valence-corrected chi connectivity index (χ0v) is 13.3. The number of hydrogen-bond donors (Lipinski definition) is 2. The first-order chi connectivity index (χ1) is 9.41. The summed E-state index contributed by atoms with van der Waals surface area (Å²) in [6.45, 7) is 18.5. The predicted octanol–water partition coefficient (Wildman–Crippen LogP) is 4.13. The van der Waals surface area contributed by atoms with Gasteiger partial charge in [0.1, 0.15) is 0 Å². The first-order valence-corrected chi connectivity index (χ1v) is 7.37. The summed E-state index contributed by atoms with van der Waals surface area (Å²) in [5.74, 6) is 1.04. The number of benzene rings is 1. The van der Waals surface area contributed by atoms with Crippen LogP contribution in [-0.4, -0.2) is 13.1 Å². The smallest absolute Gasteiger partial charge is 0.0341 e.